The van der Waals surface area contributed by atoms with Crippen molar-refractivity contribution in [2.45, 2.75) is 6.42 Å². The number of primary amides is 1. The molecule has 11 heavy (non-hydrogen) atoms. The number of carbonyl (C=O) groups excluding carboxylic acids is 1. The van der Waals surface area contributed by atoms with Gasteiger partial charge in [0.05, 0.1) is 0 Å². The molecule has 5 heteroatoms. The van der Waals surface area contributed by atoms with E-state index >= 15 is 0 Å². The van der Waals surface area contributed by atoms with Crippen LogP contribution in [0.3, 0.4) is 0 Å². The van der Waals surface area contributed by atoms with Gasteiger partial charge in [0.15, 0.2) is 0 Å². The number of rotatable bonds is 3. The van der Waals surface area contributed by atoms with E-state index in [1.54, 1.807) is 0 Å². The standard InChI is InChI=1S/C6H9N3O2/c7-6(11)5-3-4(1-2-10)8-9-5/h3,10H,1-2H2,(H2,7,11)(H,8,9). The van der Waals surface area contributed by atoms with Crippen LogP contribution in [0, 0.1) is 0 Å². The first kappa shape index (κ1) is 7.74. The quantitative estimate of drug-likeness (QED) is 0.525. The Labute approximate surface area is 63.2 Å². The third-order valence-electron chi connectivity index (χ3n) is 1.26. The second-order valence-corrected chi connectivity index (χ2v) is 2.12. The van der Waals surface area contributed by atoms with E-state index in [4.69, 9.17) is 10.8 Å². The summed E-state index contributed by atoms with van der Waals surface area (Å²) in [7, 11) is 0. The van der Waals surface area contributed by atoms with Crippen LogP contribution in [0.25, 0.3) is 0 Å². The predicted octanol–water partition coefficient (Wildman–Crippen LogP) is -0.957. The van der Waals surface area contributed by atoms with Crippen molar-refractivity contribution >= 4 is 5.91 Å². The van der Waals surface area contributed by atoms with E-state index in [1.165, 1.54) is 6.07 Å². The molecule has 1 rings (SSSR count). The smallest absolute Gasteiger partial charge is 0.269 e. The summed E-state index contributed by atoms with van der Waals surface area (Å²) < 4.78 is 0. The number of aliphatic hydroxyl groups is 1. The normalized spacial score (nSPS) is 9.91. The minimum Gasteiger partial charge on any atom is -0.396 e. The number of hydrogen-bond donors (Lipinski definition) is 3. The maximum Gasteiger partial charge on any atom is 0.269 e. The highest BCUT2D eigenvalue weighted by molar-refractivity contribution is 5.90. The number of nitrogens with one attached hydrogen (secondary N) is 1. The molecule has 0 saturated heterocycles. The Kier molecular flexibility index (Phi) is 2.22. The van der Waals surface area contributed by atoms with Gasteiger partial charge in [0.1, 0.15) is 5.69 Å². The number of aliphatic hydroxyl groups excluding tert-OH is 1. The van der Waals surface area contributed by atoms with Gasteiger partial charge < -0.3 is 10.8 Å². The summed E-state index contributed by atoms with van der Waals surface area (Å²) in [5.41, 5.74) is 5.85. The zero-order valence-electron chi connectivity index (χ0n) is 5.87. The Morgan fingerprint density at radius 2 is 2.55 bits per heavy atom. The largest absolute Gasteiger partial charge is 0.396 e. The topological polar surface area (TPSA) is 92.0 Å². The lowest BCUT2D eigenvalue weighted by Crippen LogP contribution is -2.11. The van der Waals surface area contributed by atoms with Crippen LogP contribution in [0.15, 0.2) is 6.07 Å². The molecule has 0 bridgehead atoms. The molecule has 1 amide bonds. The second-order valence-electron chi connectivity index (χ2n) is 2.12. The average molecular weight is 155 g/mol. The molecule has 1 aromatic heterocycles. The van der Waals surface area contributed by atoms with Crippen molar-refractivity contribution < 1.29 is 9.90 Å². The highest BCUT2D eigenvalue weighted by Gasteiger charge is 2.04. The van der Waals surface area contributed by atoms with Gasteiger partial charge in [-0.2, -0.15) is 5.10 Å². The summed E-state index contributed by atoms with van der Waals surface area (Å²) in [5.74, 6) is -0.564. The molecule has 1 heterocycles. The van der Waals surface area contributed by atoms with Crippen LogP contribution in [0.1, 0.15) is 16.2 Å². The first-order valence-corrected chi connectivity index (χ1v) is 3.19. The van der Waals surface area contributed by atoms with Crippen LogP contribution < -0.4 is 5.73 Å². The summed E-state index contributed by atoms with van der Waals surface area (Å²) >= 11 is 0. The Balaban J connectivity index is 2.73. The summed E-state index contributed by atoms with van der Waals surface area (Å²) in [5, 5.41) is 14.7. The zero-order chi connectivity index (χ0) is 8.27. The molecule has 0 radical (unpaired) electrons. The third kappa shape index (κ3) is 1.78. The molecule has 0 atom stereocenters. The maximum absolute atomic E-state index is 10.5. The van der Waals surface area contributed by atoms with Gasteiger partial charge in [-0.05, 0) is 6.07 Å². The van der Waals surface area contributed by atoms with Gasteiger partial charge in [-0.1, -0.05) is 0 Å². The van der Waals surface area contributed by atoms with Crippen LogP contribution in [0.4, 0.5) is 0 Å². The molecule has 0 aromatic carbocycles. The molecule has 0 aliphatic heterocycles. The van der Waals surface area contributed by atoms with Crippen molar-refractivity contribution in [1.29, 1.82) is 0 Å². The maximum atomic E-state index is 10.5. The van der Waals surface area contributed by atoms with Gasteiger partial charge in [-0.25, -0.2) is 0 Å². The van der Waals surface area contributed by atoms with Crippen molar-refractivity contribution in [1.82, 2.24) is 10.2 Å². The number of nitrogens with two attached hydrogens (primary N) is 1. The summed E-state index contributed by atoms with van der Waals surface area (Å²) in [6, 6.07) is 1.53. The van der Waals surface area contributed by atoms with Gasteiger partial charge in [-0.3, -0.25) is 9.89 Å². The fourth-order valence-electron chi connectivity index (χ4n) is 0.736. The lowest BCUT2D eigenvalue weighted by atomic mass is 10.3. The number of hydrogen-bond acceptors (Lipinski definition) is 3. The fraction of sp³-hybridized carbons (Fsp3) is 0.333. The van der Waals surface area contributed by atoms with Crippen LogP contribution in [0.5, 0.6) is 0 Å². The minimum atomic E-state index is -0.564. The van der Waals surface area contributed by atoms with E-state index in [1.807, 2.05) is 0 Å². The fourth-order valence-corrected chi connectivity index (χ4v) is 0.736. The molecule has 0 aliphatic carbocycles. The van der Waals surface area contributed by atoms with Gasteiger partial charge in [0.25, 0.3) is 5.91 Å². The Hall–Kier alpha value is -1.36. The van der Waals surface area contributed by atoms with Crippen LogP contribution in [-0.4, -0.2) is 27.8 Å². The van der Waals surface area contributed by atoms with E-state index in [0.717, 1.165) is 0 Å². The molecule has 4 N–H and O–H groups in total. The number of carbonyl (C=O) groups is 1. The monoisotopic (exact) mass is 155 g/mol. The van der Waals surface area contributed by atoms with Crippen LogP contribution >= 0.6 is 0 Å². The first-order chi connectivity index (χ1) is 5.24. The van der Waals surface area contributed by atoms with Gasteiger partial charge >= 0.3 is 0 Å². The van der Waals surface area contributed by atoms with Gasteiger partial charge in [0, 0.05) is 18.7 Å². The van der Waals surface area contributed by atoms with Crippen molar-refractivity contribution in [2.24, 2.45) is 5.73 Å². The molecular formula is C6H9N3O2. The molecule has 0 aliphatic rings. The van der Waals surface area contributed by atoms with Crippen molar-refractivity contribution in [3.63, 3.8) is 0 Å². The van der Waals surface area contributed by atoms with Gasteiger partial charge in [0.2, 0.25) is 0 Å². The Morgan fingerprint density at radius 1 is 1.82 bits per heavy atom. The van der Waals surface area contributed by atoms with E-state index in [0.29, 0.717) is 12.1 Å². The highest BCUT2D eigenvalue weighted by atomic mass is 16.3. The molecule has 0 spiro atoms. The zero-order valence-corrected chi connectivity index (χ0v) is 5.87. The summed E-state index contributed by atoms with van der Waals surface area (Å²) in [6.07, 6.45) is 0.459. The van der Waals surface area contributed by atoms with Crippen molar-refractivity contribution in [2.75, 3.05) is 6.61 Å². The number of aromatic nitrogens is 2. The predicted molar refractivity (Wildman–Crippen MR) is 37.9 cm³/mol. The molecular weight excluding hydrogens is 146 g/mol. The van der Waals surface area contributed by atoms with Crippen molar-refractivity contribution in [3.05, 3.63) is 17.5 Å². The number of aromatic amines is 1. The summed E-state index contributed by atoms with van der Waals surface area (Å²) in [6.45, 7) is 0.0282. The highest BCUT2D eigenvalue weighted by Crippen LogP contribution is 1.98. The first-order valence-electron chi connectivity index (χ1n) is 3.19. The number of amides is 1. The Morgan fingerprint density at radius 3 is 3.00 bits per heavy atom. The second kappa shape index (κ2) is 3.16. The molecule has 60 valence electrons. The van der Waals surface area contributed by atoms with Crippen molar-refractivity contribution in [3.8, 4) is 0 Å². The number of H-pyrrole nitrogens is 1. The summed E-state index contributed by atoms with van der Waals surface area (Å²) in [4.78, 5) is 10.5. The molecule has 5 nitrogen and oxygen atoms in total. The van der Waals surface area contributed by atoms with E-state index in [9.17, 15) is 4.79 Å². The molecule has 0 unspecified atom stereocenters. The Bertz CT molecular complexity index is 256. The lowest BCUT2D eigenvalue weighted by Gasteiger charge is -1.86. The average Bonchev–Trinajstić information content (AvgIpc) is 2.37. The lowest BCUT2D eigenvalue weighted by molar-refractivity contribution is 0.0995. The van der Waals surface area contributed by atoms with Crippen LogP contribution in [0.2, 0.25) is 0 Å². The van der Waals surface area contributed by atoms with Gasteiger partial charge in [-0.15, -0.1) is 0 Å². The molecule has 0 fully saturated rings. The third-order valence-corrected chi connectivity index (χ3v) is 1.26. The minimum absolute atomic E-state index is 0.0282. The van der Waals surface area contributed by atoms with E-state index < -0.39 is 5.91 Å². The van der Waals surface area contributed by atoms with Crippen LogP contribution in [-0.2, 0) is 6.42 Å². The SMILES string of the molecule is NC(=O)c1cc(CCO)[nH]n1. The molecule has 0 saturated carbocycles. The van der Waals surface area contributed by atoms with E-state index in [-0.39, 0.29) is 12.3 Å². The molecule has 1 aromatic rings. The number of nitrogens with zero attached hydrogens (tertiary/aromatic N) is 1. The van der Waals surface area contributed by atoms with E-state index in [2.05, 4.69) is 10.2 Å².